The Morgan fingerprint density at radius 2 is 2.06 bits per heavy atom. The van der Waals surface area contributed by atoms with Crippen LogP contribution in [-0.4, -0.2) is 42.1 Å². The van der Waals surface area contributed by atoms with Gasteiger partial charge in [0.2, 0.25) is 0 Å². The predicted molar refractivity (Wildman–Crippen MR) is 76.5 cm³/mol. The zero-order chi connectivity index (χ0) is 12.1. The van der Waals surface area contributed by atoms with E-state index in [9.17, 15) is 0 Å². The molecular formula is C14H22N2S. The molecule has 0 aromatic heterocycles. The minimum Gasteiger partial charge on any atom is -0.311 e. The molecule has 1 heterocycles. The summed E-state index contributed by atoms with van der Waals surface area (Å²) in [4.78, 5) is 2.41. The maximum atomic E-state index is 3.62. The van der Waals surface area contributed by atoms with Crippen LogP contribution in [0.1, 0.15) is 12.5 Å². The van der Waals surface area contributed by atoms with E-state index in [2.05, 4.69) is 54.5 Å². The van der Waals surface area contributed by atoms with Gasteiger partial charge in [-0.25, -0.2) is 0 Å². The third kappa shape index (κ3) is 4.02. The summed E-state index contributed by atoms with van der Waals surface area (Å²) in [6, 6.07) is 12.0. The van der Waals surface area contributed by atoms with Crippen molar-refractivity contribution in [2.75, 3.05) is 25.1 Å². The lowest BCUT2D eigenvalue weighted by Gasteiger charge is -2.30. The fourth-order valence-corrected chi connectivity index (χ4v) is 2.58. The summed E-state index contributed by atoms with van der Waals surface area (Å²) < 4.78 is 0. The molecule has 0 amide bonds. The van der Waals surface area contributed by atoms with Gasteiger partial charge >= 0.3 is 0 Å². The molecule has 17 heavy (non-hydrogen) atoms. The number of nitrogens with one attached hydrogen (secondary N) is 1. The van der Waals surface area contributed by atoms with E-state index in [4.69, 9.17) is 0 Å². The smallest absolute Gasteiger partial charge is 0.0249 e. The van der Waals surface area contributed by atoms with Crippen molar-refractivity contribution < 1.29 is 0 Å². The summed E-state index contributed by atoms with van der Waals surface area (Å²) in [6.07, 6.45) is 0. The van der Waals surface area contributed by atoms with Crippen molar-refractivity contribution in [2.45, 2.75) is 25.6 Å². The van der Waals surface area contributed by atoms with Gasteiger partial charge in [0, 0.05) is 36.7 Å². The standard InChI is InChI=1S/C14H22N2S/c1-12(8-15-14-10-17-11-14)16(2)9-13-6-4-3-5-7-13/h3-7,12,14-15H,8-11H2,1-2H3. The topological polar surface area (TPSA) is 15.3 Å². The molecule has 1 N–H and O–H groups in total. The molecule has 2 nitrogen and oxygen atoms in total. The van der Waals surface area contributed by atoms with Gasteiger partial charge in [-0.2, -0.15) is 11.8 Å². The Morgan fingerprint density at radius 3 is 2.65 bits per heavy atom. The van der Waals surface area contributed by atoms with Crippen LogP contribution in [-0.2, 0) is 6.54 Å². The Morgan fingerprint density at radius 1 is 1.35 bits per heavy atom. The lowest BCUT2D eigenvalue weighted by Crippen LogP contribution is -2.46. The first-order valence-electron chi connectivity index (χ1n) is 6.31. The summed E-state index contributed by atoms with van der Waals surface area (Å²) in [7, 11) is 2.20. The van der Waals surface area contributed by atoms with Crippen molar-refractivity contribution in [3.8, 4) is 0 Å². The van der Waals surface area contributed by atoms with Gasteiger partial charge in [-0.3, -0.25) is 4.90 Å². The first-order valence-corrected chi connectivity index (χ1v) is 7.46. The molecule has 1 aliphatic heterocycles. The number of thioether (sulfide) groups is 1. The van der Waals surface area contributed by atoms with Crippen LogP contribution in [0.3, 0.4) is 0 Å². The molecule has 3 heteroatoms. The highest BCUT2D eigenvalue weighted by atomic mass is 32.2. The van der Waals surface area contributed by atoms with E-state index < -0.39 is 0 Å². The number of nitrogens with zero attached hydrogens (tertiary/aromatic N) is 1. The van der Waals surface area contributed by atoms with Gasteiger partial charge in [-0.15, -0.1) is 0 Å². The zero-order valence-corrected chi connectivity index (χ0v) is 11.5. The molecule has 0 bridgehead atoms. The largest absolute Gasteiger partial charge is 0.311 e. The predicted octanol–water partition coefficient (Wildman–Crippen LogP) is 2.21. The van der Waals surface area contributed by atoms with Crippen LogP contribution in [0.25, 0.3) is 0 Å². The molecule has 0 saturated carbocycles. The van der Waals surface area contributed by atoms with Gasteiger partial charge in [-0.1, -0.05) is 30.3 Å². The molecule has 2 rings (SSSR count). The summed E-state index contributed by atoms with van der Waals surface area (Å²) in [5, 5.41) is 3.62. The number of hydrogen-bond donors (Lipinski definition) is 1. The van der Waals surface area contributed by atoms with Gasteiger partial charge in [0.15, 0.2) is 0 Å². The Kier molecular flexibility index (Phi) is 4.89. The third-order valence-corrected chi connectivity index (χ3v) is 4.64. The van der Waals surface area contributed by atoms with Gasteiger partial charge in [0.1, 0.15) is 0 Å². The van der Waals surface area contributed by atoms with E-state index >= 15 is 0 Å². The quantitative estimate of drug-likeness (QED) is 0.833. The fourth-order valence-electron chi connectivity index (χ4n) is 1.87. The van der Waals surface area contributed by atoms with Gasteiger partial charge in [0.05, 0.1) is 0 Å². The average molecular weight is 250 g/mol. The van der Waals surface area contributed by atoms with Crippen molar-refractivity contribution in [1.29, 1.82) is 0 Å². The molecular weight excluding hydrogens is 228 g/mol. The van der Waals surface area contributed by atoms with E-state index in [1.54, 1.807) is 0 Å². The molecule has 1 unspecified atom stereocenters. The molecule has 1 saturated heterocycles. The normalized spacial score (nSPS) is 18.1. The second-order valence-corrected chi connectivity index (χ2v) is 5.97. The highest BCUT2D eigenvalue weighted by molar-refractivity contribution is 8.00. The molecule has 1 aromatic rings. The summed E-state index contributed by atoms with van der Waals surface area (Å²) in [6.45, 7) is 4.42. The number of hydrogen-bond acceptors (Lipinski definition) is 3. The van der Waals surface area contributed by atoms with Crippen LogP contribution >= 0.6 is 11.8 Å². The second-order valence-electron chi connectivity index (χ2n) is 4.89. The lowest BCUT2D eigenvalue weighted by molar-refractivity contribution is 0.239. The molecule has 0 aliphatic carbocycles. The SMILES string of the molecule is CC(CNC1CSC1)N(C)Cc1ccccc1. The van der Waals surface area contributed by atoms with Crippen molar-refractivity contribution in [2.24, 2.45) is 0 Å². The van der Waals surface area contributed by atoms with Crippen LogP contribution in [0.5, 0.6) is 0 Å². The molecule has 1 fully saturated rings. The zero-order valence-electron chi connectivity index (χ0n) is 10.7. The summed E-state index contributed by atoms with van der Waals surface area (Å²) >= 11 is 2.03. The van der Waals surface area contributed by atoms with E-state index in [0.29, 0.717) is 6.04 Å². The molecule has 1 atom stereocenters. The first kappa shape index (κ1) is 12.9. The van der Waals surface area contributed by atoms with E-state index in [1.165, 1.54) is 17.1 Å². The fraction of sp³-hybridized carbons (Fsp3) is 0.571. The van der Waals surface area contributed by atoms with Gasteiger partial charge in [0.25, 0.3) is 0 Å². The number of benzene rings is 1. The monoisotopic (exact) mass is 250 g/mol. The van der Waals surface area contributed by atoms with Crippen LogP contribution < -0.4 is 5.32 Å². The van der Waals surface area contributed by atoms with Gasteiger partial charge in [-0.05, 0) is 19.5 Å². The molecule has 0 radical (unpaired) electrons. The van der Waals surface area contributed by atoms with Crippen LogP contribution in [0.2, 0.25) is 0 Å². The highest BCUT2D eigenvalue weighted by Crippen LogP contribution is 2.17. The van der Waals surface area contributed by atoms with Crippen LogP contribution in [0.4, 0.5) is 0 Å². The van der Waals surface area contributed by atoms with E-state index in [-0.39, 0.29) is 0 Å². The van der Waals surface area contributed by atoms with E-state index in [0.717, 1.165) is 19.1 Å². The Balaban J connectivity index is 1.72. The Labute approximate surface area is 109 Å². The molecule has 0 spiro atoms. The van der Waals surface area contributed by atoms with Crippen molar-refractivity contribution in [3.05, 3.63) is 35.9 Å². The van der Waals surface area contributed by atoms with Gasteiger partial charge < -0.3 is 5.32 Å². The van der Waals surface area contributed by atoms with Crippen molar-refractivity contribution >= 4 is 11.8 Å². The number of likely N-dealkylation sites (N-methyl/N-ethyl adjacent to an activating group) is 1. The van der Waals surface area contributed by atoms with Crippen LogP contribution in [0.15, 0.2) is 30.3 Å². The molecule has 94 valence electrons. The maximum absolute atomic E-state index is 3.62. The first-order chi connectivity index (χ1) is 8.25. The molecule has 1 aromatic carbocycles. The molecule has 1 aliphatic rings. The summed E-state index contributed by atoms with van der Waals surface area (Å²) in [5.41, 5.74) is 1.39. The minimum atomic E-state index is 0.584. The van der Waals surface area contributed by atoms with Crippen LogP contribution in [0, 0.1) is 0 Å². The van der Waals surface area contributed by atoms with E-state index in [1.807, 2.05) is 11.8 Å². The average Bonchev–Trinajstić information content (AvgIpc) is 2.28. The van der Waals surface area contributed by atoms with Crippen molar-refractivity contribution in [1.82, 2.24) is 10.2 Å². The highest BCUT2D eigenvalue weighted by Gasteiger charge is 2.18. The third-order valence-electron chi connectivity index (χ3n) is 3.37. The minimum absolute atomic E-state index is 0.584. The Hall–Kier alpha value is -0.510. The Bertz CT molecular complexity index is 324. The number of rotatable bonds is 6. The maximum Gasteiger partial charge on any atom is 0.0249 e. The summed E-state index contributed by atoms with van der Waals surface area (Å²) in [5.74, 6) is 2.57. The lowest BCUT2D eigenvalue weighted by atomic mass is 10.2. The van der Waals surface area contributed by atoms with Crippen molar-refractivity contribution in [3.63, 3.8) is 0 Å². The second kappa shape index (κ2) is 6.43.